The summed E-state index contributed by atoms with van der Waals surface area (Å²) >= 11 is 5.42. The number of hydrogen-bond donors (Lipinski definition) is 1. The zero-order valence-corrected chi connectivity index (χ0v) is 13.3. The molecule has 0 spiro atoms. The van der Waals surface area contributed by atoms with Crippen LogP contribution in [0.1, 0.15) is 5.56 Å². The predicted molar refractivity (Wildman–Crippen MR) is 86.3 cm³/mol. The molecule has 0 aliphatic carbocycles. The number of methoxy groups -OCH3 is 1. The molecular weight excluding hydrogens is 336 g/mol. The fourth-order valence-corrected chi connectivity index (χ4v) is 3.64. The molecule has 0 atom stereocenters. The number of nitrogens with zero attached hydrogens (tertiary/aromatic N) is 1. The number of imidazole rings is 1. The van der Waals surface area contributed by atoms with Gasteiger partial charge in [-0.1, -0.05) is 12.1 Å². The van der Waals surface area contributed by atoms with Gasteiger partial charge < -0.3 is 9.72 Å². The quantitative estimate of drug-likeness (QED) is 0.698. The van der Waals surface area contributed by atoms with Gasteiger partial charge in [-0.25, -0.2) is 4.98 Å². The fourth-order valence-electron chi connectivity index (χ4n) is 1.95. The maximum Gasteiger partial charge on any atom is 0.118 e. The Morgan fingerprint density at radius 2 is 2.00 bits per heavy atom. The average molecular weight is 349 g/mol. The van der Waals surface area contributed by atoms with Crippen molar-refractivity contribution >= 4 is 38.7 Å². The first-order valence-electron chi connectivity index (χ1n) is 6.15. The molecule has 0 saturated carbocycles. The van der Waals surface area contributed by atoms with E-state index in [1.54, 1.807) is 25.2 Å². The Bertz CT molecular complexity index is 724. The van der Waals surface area contributed by atoms with E-state index in [1.165, 1.54) is 10.5 Å². The summed E-state index contributed by atoms with van der Waals surface area (Å²) in [4.78, 5) is 8.63. The van der Waals surface area contributed by atoms with Crippen molar-refractivity contribution in [2.75, 3.05) is 7.11 Å². The molecule has 0 amide bonds. The number of ether oxygens (including phenoxy) is 1. The van der Waals surface area contributed by atoms with Crippen LogP contribution in [0.2, 0.25) is 0 Å². The van der Waals surface area contributed by atoms with Crippen LogP contribution < -0.4 is 4.74 Å². The molecule has 0 aliphatic heterocycles. The lowest BCUT2D eigenvalue weighted by Crippen LogP contribution is -1.85. The Kier molecular flexibility index (Phi) is 3.98. The van der Waals surface area contributed by atoms with Crippen LogP contribution in [0.3, 0.4) is 0 Å². The predicted octanol–water partition coefficient (Wildman–Crippen LogP) is 4.63. The number of fused-ring (bicyclic) bond motifs is 1. The van der Waals surface area contributed by atoms with Crippen molar-refractivity contribution < 1.29 is 4.74 Å². The molecular formula is C15H13BrN2OS. The van der Waals surface area contributed by atoms with Crippen molar-refractivity contribution in [1.82, 2.24) is 9.97 Å². The third-order valence-corrected chi connectivity index (χ3v) is 5.24. The Morgan fingerprint density at radius 1 is 1.20 bits per heavy atom. The van der Waals surface area contributed by atoms with Gasteiger partial charge in [0.25, 0.3) is 0 Å². The van der Waals surface area contributed by atoms with Crippen LogP contribution in [-0.2, 0) is 5.75 Å². The maximum absolute atomic E-state index is 5.16. The van der Waals surface area contributed by atoms with Crippen molar-refractivity contribution in [2.45, 2.75) is 10.6 Å². The molecule has 1 heterocycles. The number of aromatic nitrogens is 2. The second-order valence-corrected chi connectivity index (χ2v) is 6.12. The Balaban J connectivity index is 1.77. The fraction of sp³-hybridized carbons (Fsp3) is 0.133. The van der Waals surface area contributed by atoms with Gasteiger partial charge in [-0.15, -0.1) is 11.8 Å². The van der Waals surface area contributed by atoms with Gasteiger partial charge in [-0.05, 0) is 45.8 Å². The number of thioether (sulfide) groups is 1. The minimum atomic E-state index is 0.887. The molecule has 0 fully saturated rings. The summed E-state index contributed by atoms with van der Waals surface area (Å²) in [5.41, 5.74) is 3.29. The van der Waals surface area contributed by atoms with Crippen LogP contribution in [0.25, 0.3) is 11.0 Å². The number of hydrogen-bond acceptors (Lipinski definition) is 3. The average Bonchev–Trinajstić information content (AvgIpc) is 2.96. The first-order chi connectivity index (χ1) is 9.78. The highest BCUT2D eigenvalue weighted by Crippen LogP contribution is 2.34. The molecule has 3 nitrogen and oxygen atoms in total. The summed E-state index contributed by atoms with van der Waals surface area (Å²) in [6, 6.07) is 12.3. The molecule has 2 aromatic carbocycles. The van der Waals surface area contributed by atoms with Crippen molar-refractivity contribution in [3.8, 4) is 5.75 Å². The van der Waals surface area contributed by atoms with Gasteiger partial charge in [0.2, 0.25) is 0 Å². The molecule has 20 heavy (non-hydrogen) atoms. The molecule has 0 aliphatic rings. The molecule has 1 aromatic heterocycles. The second-order valence-electron chi connectivity index (χ2n) is 4.31. The number of nitrogens with one attached hydrogen (secondary N) is 1. The Labute approximate surface area is 129 Å². The highest BCUT2D eigenvalue weighted by molar-refractivity contribution is 9.10. The van der Waals surface area contributed by atoms with Crippen LogP contribution in [0.15, 0.2) is 52.1 Å². The summed E-state index contributed by atoms with van der Waals surface area (Å²) in [7, 11) is 1.68. The smallest absolute Gasteiger partial charge is 0.118 e. The van der Waals surface area contributed by atoms with E-state index in [2.05, 4.69) is 50.2 Å². The third-order valence-electron chi connectivity index (χ3n) is 3.05. The van der Waals surface area contributed by atoms with Gasteiger partial charge >= 0.3 is 0 Å². The van der Waals surface area contributed by atoms with E-state index in [0.717, 1.165) is 27.0 Å². The lowest BCUT2D eigenvalue weighted by atomic mass is 10.2. The maximum atomic E-state index is 5.16. The summed E-state index contributed by atoms with van der Waals surface area (Å²) < 4.78 is 6.22. The van der Waals surface area contributed by atoms with E-state index < -0.39 is 0 Å². The van der Waals surface area contributed by atoms with Crippen LogP contribution >= 0.6 is 27.7 Å². The zero-order chi connectivity index (χ0) is 13.9. The lowest BCUT2D eigenvalue weighted by molar-refractivity contribution is 0.414. The third kappa shape index (κ3) is 2.69. The van der Waals surface area contributed by atoms with Gasteiger partial charge in [-0.2, -0.15) is 0 Å². The first kappa shape index (κ1) is 13.5. The topological polar surface area (TPSA) is 37.9 Å². The van der Waals surface area contributed by atoms with Crippen LogP contribution in [0.5, 0.6) is 5.75 Å². The molecule has 0 radical (unpaired) electrons. The Hall–Kier alpha value is -1.46. The normalized spacial score (nSPS) is 10.9. The van der Waals surface area contributed by atoms with E-state index in [0.29, 0.717) is 0 Å². The van der Waals surface area contributed by atoms with E-state index in [-0.39, 0.29) is 0 Å². The summed E-state index contributed by atoms with van der Waals surface area (Å²) in [5.74, 6) is 1.80. The largest absolute Gasteiger partial charge is 0.497 e. The molecule has 3 aromatic rings. The SMILES string of the molecule is COc1ccc(CSc2ccc3[nH]cnc3c2Br)cc1. The lowest BCUT2D eigenvalue weighted by Gasteiger charge is -2.06. The number of halogens is 1. The molecule has 3 rings (SSSR count). The summed E-state index contributed by atoms with van der Waals surface area (Å²) in [6.07, 6.45) is 1.72. The molecule has 1 N–H and O–H groups in total. The molecule has 0 saturated heterocycles. The molecule has 5 heteroatoms. The van der Waals surface area contributed by atoms with Crippen molar-refractivity contribution in [1.29, 1.82) is 0 Å². The van der Waals surface area contributed by atoms with E-state index in [1.807, 2.05) is 12.1 Å². The van der Waals surface area contributed by atoms with Gasteiger partial charge in [0, 0.05) is 10.6 Å². The highest BCUT2D eigenvalue weighted by atomic mass is 79.9. The standard InChI is InChI=1S/C15H13BrN2OS/c1-19-11-4-2-10(3-5-11)8-20-13-7-6-12-15(14(13)16)18-9-17-12/h2-7,9H,8H2,1H3,(H,17,18). The van der Waals surface area contributed by atoms with Crippen LogP contribution in [0.4, 0.5) is 0 Å². The number of rotatable bonds is 4. The van der Waals surface area contributed by atoms with Crippen molar-refractivity contribution in [2.24, 2.45) is 0 Å². The van der Waals surface area contributed by atoms with E-state index in [4.69, 9.17) is 4.74 Å². The first-order valence-corrected chi connectivity index (χ1v) is 7.93. The van der Waals surface area contributed by atoms with E-state index >= 15 is 0 Å². The summed E-state index contributed by atoms with van der Waals surface area (Å²) in [5, 5.41) is 0. The molecule has 0 unspecified atom stereocenters. The minimum absolute atomic E-state index is 0.887. The minimum Gasteiger partial charge on any atom is -0.497 e. The molecule has 102 valence electrons. The van der Waals surface area contributed by atoms with Crippen LogP contribution in [-0.4, -0.2) is 17.1 Å². The number of benzene rings is 2. The number of aromatic amines is 1. The summed E-state index contributed by atoms with van der Waals surface area (Å²) in [6.45, 7) is 0. The highest BCUT2D eigenvalue weighted by Gasteiger charge is 2.08. The van der Waals surface area contributed by atoms with E-state index in [9.17, 15) is 0 Å². The van der Waals surface area contributed by atoms with Gasteiger partial charge in [0.1, 0.15) is 11.3 Å². The van der Waals surface area contributed by atoms with Gasteiger partial charge in [-0.3, -0.25) is 0 Å². The Morgan fingerprint density at radius 3 is 2.75 bits per heavy atom. The van der Waals surface area contributed by atoms with Gasteiger partial charge in [0.05, 0.1) is 23.4 Å². The van der Waals surface area contributed by atoms with Crippen molar-refractivity contribution in [3.05, 3.63) is 52.8 Å². The number of H-pyrrole nitrogens is 1. The monoisotopic (exact) mass is 348 g/mol. The van der Waals surface area contributed by atoms with Gasteiger partial charge in [0.15, 0.2) is 0 Å². The van der Waals surface area contributed by atoms with Crippen LogP contribution in [0, 0.1) is 0 Å². The zero-order valence-electron chi connectivity index (χ0n) is 10.9. The second kappa shape index (κ2) is 5.89. The molecule has 0 bridgehead atoms. The van der Waals surface area contributed by atoms with Crippen molar-refractivity contribution in [3.63, 3.8) is 0 Å².